The van der Waals surface area contributed by atoms with Crippen molar-refractivity contribution in [3.63, 3.8) is 0 Å². The smallest absolute Gasteiger partial charge is 0.227 e. The quantitative estimate of drug-likeness (QED) is 0.407. The zero-order chi connectivity index (χ0) is 23.7. The van der Waals surface area contributed by atoms with Crippen molar-refractivity contribution in [2.24, 2.45) is 0 Å². The summed E-state index contributed by atoms with van der Waals surface area (Å²) in [6.07, 6.45) is 3.66. The minimum absolute atomic E-state index is 0.197. The summed E-state index contributed by atoms with van der Waals surface area (Å²) >= 11 is 1.64. The number of hydrogen-bond donors (Lipinski definition) is 1. The molecule has 0 aliphatic carbocycles. The average molecular weight is 477 g/mol. The van der Waals surface area contributed by atoms with E-state index in [2.05, 4.69) is 58.0 Å². The fourth-order valence-electron chi connectivity index (χ4n) is 4.38. The summed E-state index contributed by atoms with van der Waals surface area (Å²) in [6, 6.07) is 10.6. The van der Waals surface area contributed by atoms with Crippen molar-refractivity contribution in [2.75, 3.05) is 31.5 Å². The van der Waals surface area contributed by atoms with Crippen molar-refractivity contribution >= 4 is 33.9 Å². The van der Waals surface area contributed by atoms with E-state index in [0.29, 0.717) is 11.6 Å². The second-order valence-electron chi connectivity index (χ2n) is 9.67. The highest BCUT2D eigenvalue weighted by atomic mass is 32.1. The molecule has 0 saturated carbocycles. The lowest BCUT2D eigenvalue weighted by molar-refractivity contribution is 0.0592. The molecule has 5 rings (SSSR count). The van der Waals surface area contributed by atoms with Gasteiger partial charge in [0.2, 0.25) is 5.95 Å². The molecule has 8 heteroatoms. The summed E-state index contributed by atoms with van der Waals surface area (Å²) in [7, 11) is 0. The van der Waals surface area contributed by atoms with Gasteiger partial charge in [-0.3, -0.25) is 9.80 Å². The van der Waals surface area contributed by atoms with Gasteiger partial charge in [0.15, 0.2) is 0 Å². The Morgan fingerprint density at radius 2 is 1.88 bits per heavy atom. The van der Waals surface area contributed by atoms with Crippen LogP contribution in [0.4, 0.5) is 16.0 Å². The summed E-state index contributed by atoms with van der Waals surface area (Å²) in [5, 5.41) is 7.08. The molecule has 4 aromatic rings. The highest BCUT2D eigenvalue weighted by Gasteiger charge is 2.26. The SMILES string of the molecule is CC(C)(C)N1CCN(Cc2cc3nc(Nc4cccc(F)c4)ncc3cc2-c2nccs2)CC1. The first-order valence-electron chi connectivity index (χ1n) is 11.5. The molecule has 0 radical (unpaired) electrons. The molecule has 0 spiro atoms. The van der Waals surface area contributed by atoms with Crippen LogP contribution in [0.15, 0.2) is 54.2 Å². The standard InChI is InChI=1S/C26H29FN6S/c1-26(2,3)33-10-8-32(9-11-33)17-19-14-23-18(13-22(19)24-28-7-12-34-24)16-29-25(31-23)30-21-6-4-5-20(27)15-21/h4-7,12-16H,8-11,17H2,1-3H3,(H,29,30,31). The number of anilines is 2. The van der Waals surface area contributed by atoms with Crippen LogP contribution in [0.3, 0.4) is 0 Å². The normalized spacial score (nSPS) is 15.6. The molecule has 1 N–H and O–H groups in total. The molecular formula is C26H29FN6S. The van der Waals surface area contributed by atoms with Gasteiger partial charge >= 0.3 is 0 Å². The number of thiazole rings is 1. The Morgan fingerprint density at radius 1 is 1.06 bits per heavy atom. The molecule has 0 unspecified atom stereocenters. The van der Waals surface area contributed by atoms with E-state index in [-0.39, 0.29) is 11.4 Å². The molecule has 2 aromatic carbocycles. The molecule has 176 valence electrons. The molecule has 0 atom stereocenters. The molecule has 0 bridgehead atoms. The van der Waals surface area contributed by atoms with Gasteiger partial charge in [0.25, 0.3) is 0 Å². The third-order valence-electron chi connectivity index (χ3n) is 6.26. The molecule has 1 fully saturated rings. The molecular weight excluding hydrogens is 447 g/mol. The number of rotatable bonds is 5. The number of fused-ring (bicyclic) bond motifs is 1. The van der Waals surface area contributed by atoms with Gasteiger partial charge in [0.05, 0.1) is 5.52 Å². The summed E-state index contributed by atoms with van der Waals surface area (Å²) in [6.45, 7) is 11.9. The Kier molecular flexibility index (Phi) is 6.29. The maximum atomic E-state index is 13.6. The number of piperazine rings is 1. The van der Waals surface area contributed by atoms with Crippen LogP contribution in [0.2, 0.25) is 0 Å². The molecule has 1 saturated heterocycles. The minimum Gasteiger partial charge on any atom is -0.324 e. The van der Waals surface area contributed by atoms with Crippen LogP contribution in [-0.2, 0) is 6.54 Å². The molecule has 34 heavy (non-hydrogen) atoms. The van der Waals surface area contributed by atoms with Crippen LogP contribution >= 0.6 is 11.3 Å². The van der Waals surface area contributed by atoms with E-state index < -0.39 is 0 Å². The molecule has 1 aliphatic rings. The van der Waals surface area contributed by atoms with Crippen molar-refractivity contribution in [1.29, 1.82) is 0 Å². The largest absolute Gasteiger partial charge is 0.324 e. The van der Waals surface area contributed by atoms with Crippen LogP contribution in [0.25, 0.3) is 21.5 Å². The van der Waals surface area contributed by atoms with Gasteiger partial charge in [-0.05, 0) is 56.7 Å². The van der Waals surface area contributed by atoms with Gasteiger partial charge < -0.3 is 5.32 Å². The Balaban J connectivity index is 1.44. The summed E-state index contributed by atoms with van der Waals surface area (Å²) in [5.41, 5.74) is 4.02. The predicted octanol–water partition coefficient (Wildman–Crippen LogP) is 5.55. The van der Waals surface area contributed by atoms with Crippen LogP contribution in [0.5, 0.6) is 0 Å². The molecule has 1 aliphatic heterocycles. The number of aromatic nitrogens is 3. The van der Waals surface area contributed by atoms with Crippen LogP contribution in [-0.4, -0.2) is 56.5 Å². The van der Waals surface area contributed by atoms with Crippen molar-refractivity contribution in [2.45, 2.75) is 32.9 Å². The van der Waals surface area contributed by atoms with Crippen LogP contribution < -0.4 is 5.32 Å². The monoisotopic (exact) mass is 476 g/mol. The van der Waals surface area contributed by atoms with Crippen LogP contribution in [0, 0.1) is 5.82 Å². The van der Waals surface area contributed by atoms with E-state index in [4.69, 9.17) is 4.98 Å². The van der Waals surface area contributed by atoms with Gasteiger partial charge in [-0.15, -0.1) is 11.3 Å². The fourth-order valence-corrected chi connectivity index (χ4v) is 5.07. The van der Waals surface area contributed by atoms with E-state index in [1.165, 1.54) is 17.7 Å². The maximum Gasteiger partial charge on any atom is 0.227 e. The Morgan fingerprint density at radius 3 is 2.59 bits per heavy atom. The Hall–Kier alpha value is -2.94. The second kappa shape index (κ2) is 9.37. The van der Waals surface area contributed by atoms with Gasteiger partial charge in [-0.25, -0.2) is 19.3 Å². The fraction of sp³-hybridized carbons (Fsp3) is 0.346. The third kappa shape index (κ3) is 5.09. The molecule has 0 amide bonds. The summed E-state index contributed by atoms with van der Waals surface area (Å²) in [4.78, 5) is 18.8. The van der Waals surface area contributed by atoms with E-state index in [0.717, 1.165) is 54.2 Å². The molecule has 2 aromatic heterocycles. The first kappa shape index (κ1) is 22.8. The van der Waals surface area contributed by atoms with Crippen molar-refractivity contribution in [1.82, 2.24) is 24.8 Å². The van der Waals surface area contributed by atoms with Gasteiger partial charge in [-0.2, -0.15) is 0 Å². The average Bonchev–Trinajstić information content (AvgIpc) is 3.33. The lowest BCUT2D eigenvalue weighted by Crippen LogP contribution is -2.53. The highest BCUT2D eigenvalue weighted by molar-refractivity contribution is 7.13. The highest BCUT2D eigenvalue weighted by Crippen LogP contribution is 2.31. The summed E-state index contributed by atoms with van der Waals surface area (Å²) in [5.74, 6) is 0.151. The Labute approximate surface area is 203 Å². The van der Waals surface area contributed by atoms with Crippen molar-refractivity contribution < 1.29 is 4.39 Å². The number of halogens is 1. The van der Waals surface area contributed by atoms with E-state index >= 15 is 0 Å². The summed E-state index contributed by atoms with van der Waals surface area (Å²) < 4.78 is 13.6. The Bertz CT molecular complexity index is 1280. The lowest BCUT2D eigenvalue weighted by atomic mass is 10.0. The zero-order valence-electron chi connectivity index (χ0n) is 19.8. The maximum absolute atomic E-state index is 13.6. The van der Waals surface area contributed by atoms with E-state index in [9.17, 15) is 4.39 Å². The number of nitrogens with zero attached hydrogens (tertiary/aromatic N) is 5. The van der Waals surface area contributed by atoms with Gasteiger partial charge in [0, 0.05) is 72.7 Å². The van der Waals surface area contributed by atoms with Crippen LogP contribution in [0.1, 0.15) is 26.3 Å². The second-order valence-corrected chi connectivity index (χ2v) is 10.6. The third-order valence-corrected chi connectivity index (χ3v) is 7.07. The van der Waals surface area contributed by atoms with Gasteiger partial charge in [0.1, 0.15) is 10.8 Å². The number of nitrogens with one attached hydrogen (secondary N) is 1. The van der Waals surface area contributed by atoms with E-state index in [1.54, 1.807) is 23.5 Å². The van der Waals surface area contributed by atoms with Crippen molar-refractivity contribution in [3.05, 3.63) is 65.6 Å². The minimum atomic E-state index is -0.298. The first-order chi connectivity index (χ1) is 16.3. The molecule has 6 nitrogen and oxygen atoms in total. The molecule has 3 heterocycles. The van der Waals surface area contributed by atoms with E-state index in [1.807, 2.05) is 17.8 Å². The topological polar surface area (TPSA) is 57.2 Å². The number of benzene rings is 2. The first-order valence-corrected chi connectivity index (χ1v) is 12.4. The number of hydrogen-bond acceptors (Lipinski definition) is 7. The zero-order valence-corrected chi connectivity index (χ0v) is 20.6. The van der Waals surface area contributed by atoms with Gasteiger partial charge in [-0.1, -0.05) is 6.07 Å². The predicted molar refractivity (Wildman–Crippen MR) is 137 cm³/mol. The van der Waals surface area contributed by atoms with Crippen molar-refractivity contribution in [3.8, 4) is 10.6 Å². The lowest BCUT2D eigenvalue weighted by Gasteiger charge is -2.42.